The molecule has 5 heteroatoms. The van der Waals surface area contributed by atoms with E-state index in [0.29, 0.717) is 18.7 Å². The highest BCUT2D eigenvalue weighted by molar-refractivity contribution is 6.06. The molecule has 0 aliphatic rings. The minimum Gasteiger partial charge on any atom is -0.350 e. The monoisotopic (exact) mass is 375 g/mol. The average molecular weight is 375 g/mol. The van der Waals surface area contributed by atoms with Gasteiger partial charge in [0.2, 0.25) is 0 Å². The Kier molecular flexibility index (Phi) is 5.94. The molecule has 144 valence electrons. The molecule has 1 N–H and O–H groups in total. The lowest BCUT2D eigenvalue weighted by Crippen LogP contribution is -2.38. The van der Waals surface area contributed by atoms with Crippen LogP contribution in [0.15, 0.2) is 66.5 Å². The fourth-order valence-electron chi connectivity index (χ4n) is 3.26. The fourth-order valence-corrected chi connectivity index (χ4v) is 3.26. The lowest BCUT2D eigenvalue weighted by Gasteiger charge is -2.21. The summed E-state index contributed by atoms with van der Waals surface area (Å²) < 4.78 is 2.01. The fraction of sp³-hybridized carbons (Fsp3) is 0.217. The normalized spacial score (nSPS) is 11.5. The van der Waals surface area contributed by atoms with Crippen LogP contribution in [0.3, 0.4) is 0 Å². The second-order valence-electron chi connectivity index (χ2n) is 6.57. The Morgan fingerprint density at radius 2 is 1.64 bits per heavy atom. The van der Waals surface area contributed by atoms with Crippen LogP contribution in [0.1, 0.15) is 29.8 Å². The summed E-state index contributed by atoms with van der Waals surface area (Å²) in [6.45, 7) is 5.00. The van der Waals surface area contributed by atoms with Gasteiger partial charge in [-0.2, -0.15) is 0 Å². The standard InChI is InChI=1S/C23H25N3O2/c1-4-26(5-2)23(28)20(24-22(27)17-11-7-6-8-12-17)15-18-16-25(3)21-14-10-9-13-19(18)21/h6-16H,4-5H2,1-3H3,(H,24,27)/b20-15-. The van der Waals surface area contributed by atoms with E-state index in [4.69, 9.17) is 0 Å². The van der Waals surface area contributed by atoms with Crippen molar-refractivity contribution in [3.8, 4) is 0 Å². The molecular formula is C23H25N3O2. The molecule has 0 aliphatic heterocycles. The first kappa shape index (κ1) is 19.4. The smallest absolute Gasteiger partial charge is 0.270 e. The second-order valence-corrected chi connectivity index (χ2v) is 6.57. The van der Waals surface area contributed by atoms with Gasteiger partial charge in [-0.05, 0) is 38.1 Å². The number of rotatable bonds is 6. The average Bonchev–Trinajstić information content (AvgIpc) is 3.04. The number of carbonyl (C=O) groups excluding carboxylic acids is 2. The Morgan fingerprint density at radius 1 is 1.00 bits per heavy atom. The van der Waals surface area contributed by atoms with Gasteiger partial charge < -0.3 is 14.8 Å². The molecule has 3 rings (SSSR count). The maximum Gasteiger partial charge on any atom is 0.270 e. The quantitative estimate of drug-likeness (QED) is 0.666. The Bertz CT molecular complexity index is 1010. The van der Waals surface area contributed by atoms with Crippen LogP contribution >= 0.6 is 0 Å². The van der Waals surface area contributed by atoms with E-state index in [1.54, 1.807) is 35.2 Å². The van der Waals surface area contributed by atoms with E-state index in [9.17, 15) is 9.59 Å². The number of carbonyl (C=O) groups is 2. The number of hydrogen-bond acceptors (Lipinski definition) is 2. The van der Waals surface area contributed by atoms with Crippen LogP contribution in [0.5, 0.6) is 0 Å². The molecule has 1 heterocycles. The number of benzene rings is 2. The van der Waals surface area contributed by atoms with Gasteiger partial charge in [0.05, 0.1) is 0 Å². The van der Waals surface area contributed by atoms with E-state index in [1.165, 1.54) is 0 Å². The van der Waals surface area contributed by atoms with Gasteiger partial charge >= 0.3 is 0 Å². The summed E-state index contributed by atoms with van der Waals surface area (Å²) in [5, 5.41) is 3.86. The SMILES string of the molecule is CCN(CC)C(=O)/C(=C/c1cn(C)c2ccccc12)NC(=O)c1ccccc1. The number of fused-ring (bicyclic) bond motifs is 1. The van der Waals surface area contributed by atoms with E-state index in [-0.39, 0.29) is 17.5 Å². The molecule has 0 unspecified atom stereocenters. The summed E-state index contributed by atoms with van der Waals surface area (Å²) in [4.78, 5) is 27.4. The first-order valence-electron chi connectivity index (χ1n) is 9.46. The van der Waals surface area contributed by atoms with E-state index >= 15 is 0 Å². The third-order valence-corrected chi connectivity index (χ3v) is 4.79. The van der Waals surface area contributed by atoms with Gasteiger partial charge in [0.25, 0.3) is 11.8 Å². The van der Waals surface area contributed by atoms with Crippen molar-refractivity contribution in [2.24, 2.45) is 7.05 Å². The van der Waals surface area contributed by atoms with Gasteiger partial charge in [0.15, 0.2) is 0 Å². The van der Waals surface area contributed by atoms with Crippen LogP contribution < -0.4 is 5.32 Å². The summed E-state index contributed by atoms with van der Waals surface area (Å²) in [5.74, 6) is -0.491. The molecule has 28 heavy (non-hydrogen) atoms. The highest BCUT2D eigenvalue weighted by Gasteiger charge is 2.19. The summed E-state index contributed by atoms with van der Waals surface area (Å²) >= 11 is 0. The molecule has 5 nitrogen and oxygen atoms in total. The number of nitrogens with zero attached hydrogens (tertiary/aromatic N) is 2. The summed E-state index contributed by atoms with van der Waals surface area (Å²) in [5.41, 5.74) is 2.74. The number of aryl methyl sites for hydroxylation is 1. The van der Waals surface area contributed by atoms with Gasteiger partial charge in [0.1, 0.15) is 5.70 Å². The predicted octanol–water partition coefficient (Wildman–Crippen LogP) is 3.82. The number of amides is 2. The van der Waals surface area contributed by atoms with Crippen LogP contribution in [0.2, 0.25) is 0 Å². The van der Waals surface area contributed by atoms with Crippen molar-refractivity contribution in [3.63, 3.8) is 0 Å². The molecular weight excluding hydrogens is 350 g/mol. The van der Waals surface area contributed by atoms with Crippen molar-refractivity contribution in [1.82, 2.24) is 14.8 Å². The van der Waals surface area contributed by atoms with Crippen molar-refractivity contribution in [3.05, 3.63) is 77.6 Å². The first-order valence-corrected chi connectivity index (χ1v) is 9.46. The van der Waals surface area contributed by atoms with Crippen molar-refractivity contribution < 1.29 is 9.59 Å². The van der Waals surface area contributed by atoms with Crippen molar-refractivity contribution in [1.29, 1.82) is 0 Å². The van der Waals surface area contributed by atoms with Crippen LogP contribution in [-0.2, 0) is 11.8 Å². The number of aromatic nitrogens is 1. The molecule has 0 radical (unpaired) electrons. The molecule has 0 saturated heterocycles. The maximum absolute atomic E-state index is 13.1. The molecule has 0 atom stereocenters. The van der Waals surface area contributed by atoms with Gasteiger partial charge in [-0.25, -0.2) is 0 Å². The first-order chi connectivity index (χ1) is 13.5. The molecule has 0 saturated carbocycles. The van der Waals surface area contributed by atoms with Crippen molar-refractivity contribution in [2.75, 3.05) is 13.1 Å². The Balaban J connectivity index is 2.03. The molecule has 0 aliphatic carbocycles. The second kappa shape index (κ2) is 8.57. The highest BCUT2D eigenvalue weighted by Crippen LogP contribution is 2.22. The van der Waals surface area contributed by atoms with Gasteiger partial charge in [0, 0.05) is 48.4 Å². The number of nitrogens with one attached hydrogen (secondary N) is 1. The molecule has 0 fully saturated rings. The number of hydrogen-bond donors (Lipinski definition) is 1. The number of likely N-dealkylation sites (N-methyl/N-ethyl adjacent to an activating group) is 1. The van der Waals surface area contributed by atoms with Crippen LogP contribution in [0.4, 0.5) is 0 Å². The summed E-state index contributed by atoms with van der Waals surface area (Å²) in [7, 11) is 1.97. The molecule has 0 bridgehead atoms. The Hall–Kier alpha value is -3.34. The van der Waals surface area contributed by atoms with Crippen LogP contribution in [0.25, 0.3) is 17.0 Å². The van der Waals surface area contributed by atoms with Crippen LogP contribution in [-0.4, -0.2) is 34.4 Å². The van der Waals surface area contributed by atoms with Crippen LogP contribution in [0, 0.1) is 0 Å². The zero-order valence-electron chi connectivity index (χ0n) is 16.5. The number of para-hydroxylation sites is 1. The summed E-state index contributed by atoms with van der Waals surface area (Å²) in [6.07, 6.45) is 3.73. The zero-order valence-corrected chi connectivity index (χ0v) is 16.5. The molecule has 1 aromatic heterocycles. The lowest BCUT2D eigenvalue weighted by molar-refractivity contribution is -0.127. The molecule has 0 spiro atoms. The topological polar surface area (TPSA) is 54.3 Å². The van der Waals surface area contributed by atoms with Gasteiger partial charge in [-0.1, -0.05) is 36.4 Å². The minimum absolute atomic E-state index is 0.192. The predicted molar refractivity (Wildman–Crippen MR) is 113 cm³/mol. The zero-order chi connectivity index (χ0) is 20.1. The summed E-state index contributed by atoms with van der Waals surface area (Å²) in [6, 6.07) is 16.9. The Labute approximate surface area is 165 Å². The molecule has 3 aromatic rings. The molecule has 2 aromatic carbocycles. The lowest BCUT2D eigenvalue weighted by atomic mass is 10.1. The third kappa shape index (κ3) is 3.98. The van der Waals surface area contributed by atoms with Crippen molar-refractivity contribution >= 4 is 28.8 Å². The van der Waals surface area contributed by atoms with E-state index in [0.717, 1.165) is 16.5 Å². The van der Waals surface area contributed by atoms with Gasteiger partial charge in [-0.15, -0.1) is 0 Å². The Morgan fingerprint density at radius 3 is 2.32 bits per heavy atom. The highest BCUT2D eigenvalue weighted by atomic mass is 16.2. The van der Waals surface area contributed by atoms with E-state index < -0.39 is 0 Å². The minimum atomic E-state index is -0.299. The largest absolute Gasteiger partial charge is 0.350 e. The van der Waals surface area contributed by atoms with E-state index in [2.05, 4.69) is 5.32 Å². The molecule has 2 amide bonds. The van der Waals surface area contributed by atoms with Gasteiger partial charge in [-0.3, -0.25) is 9.59 Å². The van der Waals surface area contributed by atoms with Crippen molar-refractivity contribution in [2.45, 2.75) is 13.8 Å². The third-order valence-electron chi connectivity index (χ3n) is 4.79. The maximum atomic E-state index is 13.1. The van der Waals surface area contributed by atoms with E-state index in [1.807, 2.05) is 62.0 Å².